The molecule has 25 heavy (non-hydrogen) atoms. The van der Waals surface area contributed by atoms with Crippen molar-refractivity contribution in [3.63, 3.8) is 0 Å². The fraction of sp³-hybridized carbons (Fsp3) is 0.364. The molecule has 3 N–H and O–H groups in total. The van der Waals surface area contributed by atoms with Crippen molar-refractivity contribution in [1.29, 1.82) is 0 Å². The first-order valence-corrected chi connectivity index (χ1v) is 8.00. The van der Waals surface area contributed by atoms with Crippen LogP contribution in [0.3, 0.4) is 0 Å². The van der Waals surface area contributed by atoms with E-state index in [-0.39, 0.29) is 22.4 Å². The van der Waals surface area contributed by atoms with Crippen LogP contribution in [0.15, 0.2) is 15.7 Å². The largest absolute Gasteiger partial charge is 0.398 e. The first-order valence-electron chi connectivity index (χ1n) is 6.58. The number of anilines is 1. The zero-order valence-electron chi connectivity index (χ0n) is 12.6. The van der Waals surface area contributed by atoms with E-state index in [9.17, 15) is 14.4 Å². The van der Waals surface area contributed by atoms with Gasteiger partial charge in [0.05, 0.1) is 0 Å². The Morgan fingerprint density at radius 1 is 1.60 bits per heavy atom. The van der Waals surface area contributed by atoms with Crippen molar-refractivity contribution in [2.24, 2.45) is 10.3 Å². The van der Waals surface area contributed by atoms with Crippen LogP contribution in [-0.2, 0) is 19.2 Å². The van der Waals surface area contributed by atoms with E-state index >= 15 is 0 Å². The predicted molar refractivity (Wildman–Crippen MR) is 88.0 cm³/mol. The number of hydrogen-bond acceptors (Lipinski definition) is 8. The molecule has 3 amide bonds. The lowest BCUT2D eigenvalue weighted by Gasteiger charge is -2.33. The van der Waals surface area contributed by atoms with Crippen LogP contribution < -0.4 is 16.0 Å². The number of nitrogens with zero attached hydrogens (tertiary/aromatic N) is 5. The van der Waals surface area contributed by atoms with Crippen molar-refractivity contribution in [2.45, 2.75) is 12.2 Å². The SMILES string of the molecule is CON=C(C(=O)N[C@@H]1C(=O)N[C@H]1N=[N+]=[N-])c1csc(NC(=O)CCl)n1. The number of carbonyl (C=O) groups excluding carboxylic acids is 3. The highest BCUT2D eigenvalue weighted by atomic mass is 35.5. The summed E-state index contributed by atoms with van der Waals surface area (Å²) in [6, 6.07) is -1.03. The number of halogens is 1. The van der Waals surface area contributed by atoms with Gasteiger partial charge in [-0.05, 0) is 5.53 Å². The number of β-lactam (4-membered cyclic amide) rings is 1. The first-order chi connectivity index (χ1) is 12.0. The minimum Gasteiger partial charge on any atom is -0.398 e. The van der Waals surface area contributed by atoms with E-state index in [2.05, 4.69) is 41.0 Å². The summed E-state index contributed by atoms with van der Waals surface area (Å²) >= 11 is 6.44. The Morgan fingerprint density at radius 2 is 2.36 bits per heavy atom. The van der Waals surface area contributed by atoms with E-state index in [4.69, 9.17) is 17.1 Å². The predicted octanol–water partition coefficient (Wildman–Crippen LogP) is -0.0781. The average molecular weight is 387 g/mol. The second kappa shape index (κ2) is 8.28. The Hall–Kier alpha value is -2.89. The first kappa shape index (κ1) is 18.4. The van der Waals surface area contributed by atoms with Crippen molar-refractivity contribution in [1.82, 2.24) is 15.6 Å². The van der Waals surface area contributed by atoms with Gasteiger partial charge in [-0.2, -0.15) is 0 Å². The minimum atomic E-state index is -1.03. The molecule has 0 spiro atoms. The van der Waals surface area contributed by atoms with Gasteiger partial charge >= 0.3 is 0 Å². The summed E-state index contributed by atoms with van der Waals surface area (Å²) in [5, 5.41) is 15.7. The average Bonchev–Trinajstić information content (AvgIpc) is 3.05. The molecular weight excluding hydrogens is 376 g/mol. The van der Waals surface area contributed by atoms with Gasteiger partial charge in [-0.15, -0.1) is 22.9 Å². The molecule has 0 radical (unpaired) electrons. The molecule has 0 bridgehead atoms. The van der Waals surface area contributed by atoms with Gasteiger partial charge in [0.1, 0.15) is 30.9 Å². The molecule has 1 aromatic rings. The topological polar surface area (TPSA) is 171 Å². The molecule has 0 aliphatic carbocycles. The van der Waals surface area contributed by atoms with E-state index in [1.54, 1.807) is 0 Å². The molecule has 1 aliphatic rings. The summed E-state index contributed by atoms with van der Waals surface area (Å²) in [7, 11) is 1.23. The molecule has 2 atom stereocenters. The molecule has 2 rings (SSSR count). The lowest BCUT2D eigenvalue weighted by Crippen LogP contribution is -2.68. The standard InChI is InChI=1S/C11H11ClN8O4S/c1-24-19-6(4-3-25-11(14-4)15-5(21)2-12)9(22)16-7-8(18-20-13)17-10(7)23/h3,7-8H,2H2,1H3,(H,16,22)(H,17,23)(H,14,15,21)/t7-,8-/m0/s1. The molecule has 1 fully saturated rings. The highest BCUT2D eigenvalue weighted by molar-refractivity contribution is 7.14. The Bertz CT molecular complexity index is 774. The molecule has 1 aliphatic heterocycles. The summed E-state index contributed by atoms with van der Waals surface area (Å²) in [5.74, 6) is -1.97. The number of aromatic nitrogens is 1. The van der Waals surface area contributed by atoms with Gasteiger partial charge in [-0.1, -0.05) is 10.3 Å². The van der Waals surface area contributed by atoms with E-state index in [1.807, 2.05) is 0 Å². The molecule has 132 valence electrons. The van der Waals surface area contributed by atoms with E-state index in [0.717, 1.165) is 11.3 Å². The number of carbonyl (C=O) groups is 3. The number of hydrogen-bond donors (Lipinski definition) is 3. The van der Waals surface area contributed by atoms with Gasteiger partial charge in [0, 0.05) is 10.3 Å². The van der Waals surface area contributed by atoms with Gasteiger partial charge in [0.2, 0.25) is 11.8 Å². The third kappa shape index (κ3) is 4.35. The van der Waals surface area contributed by atoms with Crippen molar-refractivity contribution in [3.8, 4) is 0 Å². The van der Waals surface area contributed by atoms with Crippen molar-refractivity contribution >= 4 is 51.5 Å². The monoisotopic (exact) mass is 386 g/mol. The zero-order valence-corrected chi connectivity index (χ0v) is 14.2. The van der Waals surface area contributed by atoms with Crippen LogP contribution in [0, 0.1) is 0 Å². The fourth-order valence-electron chi connectivity index (χ4n) is 1.76. The second-order valence-electron chi connectivity index (χ2n) is 4.45. The Labute approximate surface area is 149 Å². The number of thiazole rings is 1. The number of alkyl halides is 1. The van der Waals surface area contributed by atoms with E-state index < -0.39 is 29.9 Å². The maximum Gasteiger partial charge on any atom is 0.276 e. The molecule has 1 aromatic heterocycles. The third-order valence-corrected chi connectivity index (χ3v) is 3.86. The third-order valence-electron chi connectivity index (χ3n) is 2.86. The normalized spacial score (nSPS) is 19.1. The minimum absolute atomic E-state index is 0.120. The number of nitrogens with one attached hydrogen (secondary N) is 3. The van der Waals surface area contributed by atoms with Crippen LogP contribution in [-0.4, -0.2) is 53.6 Å². The van der Waals surface area contributed by atoms with Crippen LogP contribution in [0.5, 0.6) is 0 Å². The molecule has 2 heterocycles. The van der Waals surface area contributed by atoms with Gasteiger partial charge in [-0.25, -0.2) is 4.98 Å². The molecule has 0 aromatic carbocycles. The molecule has 1 saturated heterocycles. The Kier molecular flexibility index (Phi) is 6.11. The second-order valence-corrected chi connectivity index (χ2v) is 5.58. The highest BCUT2D eigenvalue weighted by Crippen LogP contribution is 2.17. The molecule has 12 nitrogen and oxygen atoms in total. The maximum atomic E-state index is 12.3. The van der Waals surface area contributed by atoms with E-state index in [1.165, 1.54) is 12.5 Å². The van der Waals surface area contributed by atoms with Crippen LogP contribution in [0.25, 0.3) is 10.4 Å². The van der Waals surface area contributed by atoms with Crippen LogP contribution in [0.2, 0.25) is 0 Å². The van der Waals surface area contributed by atoms with Gasteiger partial charge in [0.25, 0.3) is 5.91 Å². The highest BCUT2D eigenvalue weighted by Gasteiger charge is 2.40. The van der Waals surface area contributed by atoms with Gasteiger partial charge in [0.15, 0.2) is 10.8 Å². The van der Waals surface area contributed by atoms with Crippen molar-refractivity contribution < 1.29 is 19.2 Å². The van der Waals surface area contributed by atoms with Crippen molar-refractivity contribution in [3.05, 3.63) is 21.5 Å². The maximum absolute atomic E-state index is 12.3. The zero-order chi connectivity index (χ0) is 18.4. The number of azide groups is 1. The summed E-state index contributed by atoms with van der Waals surface area (Å²) in [5.41, 5.74) is 8.31. The van der Waals surface area contributed by atoms with Crippen LogP contribution in [0.4, 0.5) is 5.13 Å². The number of oxime groups is 1. The summed E-state index contributed by atoms with van der Waals surface area (Å²) < 4.78 is 0. The van der Waals surface area contributed by atoms with Gasteiger partial charge < -0.3 is 20.8 Å². The smallest absolute Gasteiger partial charge is 0.276 e. The molecular formula is C11H11ClN8O4S. The molecule has 0 unspecified atom stereocenters. The summed E-state index contributed by atoms with van der Waals surface area (Å²) in [4.78, 5) is 46.3. The lowest BCUT2D eigenvalue weighted by atomic mass is 10.1. The van der Waals surface area contributed by atoms with E-state index in [0.29, 0.717) is 0 Å². The lowest BCUT2D eigenvalue weighted by molar-refractivity contribution is -0.134. The van der Waals surface area contributed by atoms with Crippen LogP contribution >= 0.6 is 22.9 Å². The van der Waals surface area contributed by atoms with Crippen molar-refractivity contribution in [2.75, 3.05) is 18.3 Å². The quantitative estimate of drug-likeness (QED) is 0.113. The summed E-state index contributed by atoms with van der Waals surface area (Å²) in [6.07, 6.45) is -0.890. The Morgan fingerprint density at radius 3 is 2.96 bits per heavy atom. The molecule has 14 heteroatoms. The fourth-order valence-corrected chi connectivity index (χ4v) is 2.54. The van der Waals surface area contributed by atoms with Crippen LogP contribution in [0.1, 0.15) is 5.69 Å². The van der Waals surface area contributed by atoms with Gasteiger partial charge in [-0.3, -0.25) is 14.4 Å². The number of amides is 3. The number of rotatable bonds is 7. The Balaban J connectivity index is 2.14. The molecule has 0 saturated carbocycles. The summed E-state index contributed by atoms with van der Waals surface area (Å²) in [6.45, 7) is 0.